The second-order valence-corrected chi connectivity index (χ2v) is 4.58. The monoisotopic (exact) mass is 168 g/mol. The molecular formula is C10H16O2. The average molecular weight is 168 g/mol. The minimum absolute atomic E-state index is 0.165. The van der Waals surface area contributed by atoms with Crippen molar-refractivity contribution >= 4 is 0 Å². The van der Waals surface area contributed by atoms with Crippen LogP contribution in [0.25, 0.3) is 0 Å². The van der Waals surface area contributed by atoms with Gasteiger partial charge in [0.2, 0.25) is 0 Å². The van der Waals surface area contributed by atoms with Gasteiger partial charge in [-0.25, -0.2) is 0 Å². The molecule has 5 atom stereocenters. The summed E-state index contributed by atoms with van der Waals surface area (Å²) in [5, 5.41) is 0. The van der Waals surface area contributed by atoms with E-state index in [2.05, 4.69) is 6.92 Å². The Morgan fingerprint density at radius 1 is 1.25 bits per heavy atom. The maximum Gasteiger partial charge on any atom is 0.160 e. The molecule has 3 fully saturated rings. The molecule has 0 bridgehead atoms. The zero-order valence-electron chi connectivity index (χ0n) is 7.53. The summed E-state index contributed by atoms with van der Waals surface area (Å²) >= 11 is 0. The topological polar surface area (TPSA) is 18.5 Å². The normalized spacial score (nSPS) is 57.2. The zero-order valence-corrected chi connectivity index (χ0v) is 7.53. The van der Waals surface area contributed by atoms with Gasteiger partial charge in [-0.3, -0.25) is 0 Å². The Kier molecular flexibility index (Phi) is 1.50. The smallest absolute Gasteiger partial charge is 0.160 e. The van der Waals surface area contributed by atoms with Gasteiger partial charge >= 0.3 is 0 Å². The Morgan fingerprint density at radius 2 is 2.17 bits per heavy atom. The van der Waals surface area contributed by atoms with E-state index in [4.69, 9.17) is 9.47 Å². The highest BCUT2D eigenvalue weighted by Crippen LogP contribution is 2.51. The Hall–Kier alpha value is -0.0800. The van der Waals surface area contributed by atoms with Gasteiger partial charge in [0.05, 0.1) is 13.2 Å². The van der Waals surface area contributed by atoms with Crippen molar-refractivity contribution in [2.24, 2.45) is 23.7 Å². The van der Waals surface area contributed by atoms with Gasteiger partial charge in [0.25, 0.3) is 0 Å². The summed E-state index contributed by atoms with van der Waals surface area (Å²) in [6.45, 7) is 4.27. The summed E-state index contributed by atoms with van der Waals surface area (Å²) in [7, 11) is 0. The van der Waals surface area contributed by atoms with Crippen LogP contribution in [0.5, 0.6) is 0 Å². The largest absolute Gasteiger partial charge is 0.352 e. The minimum Gasteiger partial charge on any atom is -0.352 e. The van der Waals surface area contributed by atoms with Crippen molar-refractivity contribution in [1.29, 1.82) is 0 Å². The SMILES string of the molecule is C[C@H]1CC2CO[C@H]3OCC[C@@H]1[C@@H]23. The Morgan fingerprint density at radius 3 is 3.08 bits per heavy atom. The lowest BCUT2D eigenvalue weighted by Gasteiger charge is -2.31. The third kappa shape index (κ3) is 0.826. The zero-order chi connectivity index (χ0) is 8.13. The lowest BCUT2D eigenvalue weighted by atomic mass is 9.84. The molecule has 3 aliphatic rings. The standard InChI is InChI=1S/C10H16O2/c1-6-4-7-5-12-10-9(7)8(6)2-3-11-10/h6-10H,2-5H2,1H3/t6-,7?,8-,9+,10+/m0/s1. The van der Waals surface area contributed by atoms with Crippen molar-refractivity contribution in [1.82, 2.24) is 0 Å². The second kappa shape index (κ2) is 2.46. The van der Waals surface area contributed by atoms with Gasteiger partial charge < -0.3 is 9.47 Å². The van der Waals surface area contributed by atoms with Gasteiger partial charge in [0, 0.05) is 5.92 Å². The molecule has 0 N–H and O–H groups in total. The summed E-state index contributed by atoms with van der Waals surface area (Å²) in [6.07, 6.45) is 2.80. The Balaban J connectivity index is 1.89. The molecule has 2 saturated heterocycles. The van der Waals surface area contributed by atoms with Crippen LogP contribution in [-0.2, 0) is 9.47 Å². The molecule has 0 aromatic heterocycles. The third-order valence-electron chi connectivity index (χ3n) is 3.97. The van der Waals surface area contributed by atoms with Gasteiger partial charge in [-0.05, 0) is 30.6 Å². The van der Waals surface area contributed by atoms with Crippen LogP contribution in [0.2, 0.25) is 0 Å². The molecule has 2 heteroatoms. The molecule has 1 aliphatic carbocycles. The highest BCUT2D eigenvalue weighted by molar-refractivity contribution is 4.95. The first-order chi connectivity index (χ1) is 5.86. The summed E-state index contributed by atoms with van der Waals surface area (Å²) in [5.74, 6) is 3.37. The maximum absolute atomic E-state index is 5.62. The van der Waals surface area contributed by atoms with E-state index in [0.29, 0.717) is 0 Å². The summed E-state index contributed by atoms with van der Waals surface area (Å²) < 4.78 is 11.2. The molecule has 0 amide bonds. The fourth-order valence-corrected chi connectivity index (χ4v) is 3.43. The number of hydrogen-bond acceptors (Lipinski definition) is 2. The lowest BCUT2D eigenvalue weighted by Crippen LogP contribution is -2.33. The van der Waals surface area contributed by atoms with Crippen LogP contribution in [0, 0.1) is 23.7 Å². The van der Waals surface area contributed by atoms with E-state index < -0.39 is 0 Å². The number of ether oxygens (including phenoxy) is 2. The van der Waals surface area contributed by atoms with Crippen molar-refractivity contribution in [3.63, 3.8) is 0 Å². The quantitative estimate of drug-likeness (QED) is 0.547. The highest BCUT2D eigenvalue weighted by Gasteiger charge is 2.51. The van der Waals surface area contributed by atoms with Crippen LogP contribution in [-0.4, -0.2) is 19.5 Å². The van der Waals surface area contributed by atoms with E-state index in [1.165, 1.54) is 12.8 Å². The molecule has 0 spiro atoms. The van der Waals surface area contributed by atoms with Crippen LogP contribution in [0.4, 0.5) is 0 Å². The van der Waals surface area contributed by atoms with Gasteiger partial charge in [-0.2, -0.15) is 0 Å². The van der Waals surface area contributed by atoms with Crippen LogP contribution in [0.3, 0.4) is 0 Å². The first kappa shape index (κ1) is 7.34. The summed E-state index contributed by atoms with van der Waals surface area (Å²) in [6, 6.07) is 0. The molecule has 2 nitrogen and oxygen atoms in total. The molecule has 68 valence electrons. The van der Waals surface area contributed by atoms with E-state index in [9.17, 15) is 0 Å². The first-order valence-electron chi connectivity index (χ1n) is 5.09. The third-order valence-corrected chi connectivity index (χ3v) is 3.97. The van der Waals surface area contributed by atoms with Gasteiger partial charge in [0.1, 0.15) is 0 Å². The number of rotatable bonds is 0. The second-order valence-electron chi connectivity index (χ2n) is 4.58. The average Bonchev–Trinajstić information content (AvgIpc) is 2.61. The molecule has 12 heavy (non-hydrogen) atoms. The van der Waals surface area contributed by atoms with Gasteiger partial charge in [-0.15, -0.1) is 0 Å². The molecule has 2 aliphatic heterocycles. The van der Waals surface area contributed by atoms with E-state index >= 15 is 0 Å². The molecule has 0 aromatic carbocycles. The van der Waals surface area contributed by atoms with E-state index in [0.717, 1.165) is 36.9 Å². The molecule has 1 saturated carbocycles. The van der Waals surface area contributed by atoms with Crippen LogP contribution < -0.4 is 0 Å². The van der Waals surface area contributed by atoms with Crippen molar-refractivity contribution in [3.8, 4) is 0 Å². The van der Waals surface area contributed by atoms with Crippen LogP contribution >= 0.6 is 0 Å². The predicted molar refractivity (Wildman–Crippen MR) is 44.6 cm³/mol. The Bertz CT molecular complexity index is 188. The fourth-order valence-electron chi connectivity index (χ4n) is 3.43. The summed E-state index contributed by atoms with van der Waals surface area (Å²) in [5.41, 5.74) is 0. The molecule has 2 heterocycles. The van der Waals surface area contributed by atoms with Crippen LogP contribution in [0.1, 0.15) is 19.8 Å². The van der Waals surface area contributed by atoms with Crippen molar-refractivity contribution in [2.45, 2.75) is 26.1 Å². The number of hydrogen-bond donors (Lipinski definition) is 0. The highest BCUT2D eigenvalue weighted by atomic mass is 16.7. The van der Waals surface area contributed by atoms with E-state index in [-0.39, 0.29) is 6.29 Å². The Labute approximate surface area is 73.2 Å². The van der Waals surface area contributed by atoms with Crippen LogP contribution in [0.15, 0.2) is 0 Å². The van der Waals surface area contributed by atoms with Crippen molar-refractivity contribution in [3.05, 3.63) is 0 Å². The molecule has 0 aromatic rings. The molecular weight excluding hydrogens is 152 g/mol. The minimum atomic E-state index is 0.165. The van der Waals surface area contributed by atoms with Gasteiger partial charge in [-0.1, -0.05) is 6.92 Å². The molecule has 3 rings (SSSR count). The van der Waals surface area contributed by atoms with Gasteiger partial charge in [0.15, 0.2) is 6.29 Å². The van der Waals surface area contributed by atoms with E-state index in [1.54, 1.807) is 0 Å². The predicted octanol–water partition coefficient (Wildman–Crippen LogP) is 1.65. The summed E-state index contributed by atoms with van der Waals surface area (Å²) in [4.78, 5) is 0. The van der Waals surface area contributed by atoms with Crippen molar-refractivity contribution < 1.29 is 9.47 Å². The molecule has 0 radical (unpaired) electrons. The van der Waals surface area contributed by atoms with E-state index in [1.807, 2.05) is 0 Å². The maximum atomic E-state index is 5.62. The lowest BCUT2D eigenvalue weighted by molar-refractivity contribution is -0.168. The molecule has 1 unspecified atom stereocenters. The fraction of sp³-hybridized carbons (Fsp3) is 1.00. The van der Waals surface area contributed by atoms with Crippen molar-refractivity contribution in [2.75, 3.05) is 13.2 Å². The first-order valence-corrected chi connectivity index (χ1v) is 5.09.